The van der Waals surface area contributed by atoms with Gasteiger partial charge in [0.05, 0.1) is 6.54 Å². The van der Waals surface area contributed by atoms with Gasteiger partial charge in [-0.1, -0.05) is 30.7 Å². The Morgan fingerprint density at radius 1 is 1.14 bits per heavy atom. The molecule has 0 spiro atoms. The van der Waals surface area contributed by atoms with E-state index in [-0.39, 0.29) is 0 Å². The van der Waals surface area contributed by atoms with Crippen LogP contribution in [-0.2, 0) is 13.1 Å². The molecular weight excluding hydrogens is 362 g/mol. The van der Waals surface area contributed by atoms with Crippen LogP contribution in [0.2, 0.25) is 0 Å². The minimum absolute atomic E-state index is 0.754. The number of rotatable bonds is 4. The highest BCUT2D eigenvalue weighted by Crippen LogP contribution is 2.40. The van der Waals surface area contributed by atoms with Crippen LogP contribution in [0.15, 0.2) is 41.9 Å². The predicted molar refractivity (Wildman–Crippen MR) is 114 cm³/mol. The van der Waals surface area contributed by atoms with Gasteiger partial charge in [0.1, 0.15) is 12.7 Å². The maximum atomic E-state index is 4.58. The van der Waals surface area contributed by atoms with Gasteiger partial charge in [-0.3, -0.25) is 9.89 Å². The Morgan fingerprint density at radius 3 is 2.79 bits per heavy atom. The van der Waals surface area contributed by atoms with E-state index in [1.165, 1.54) is 43.5 Å². The Kier molecular flexibility index (Phi) is 5.23. The van der Waals surface area contributed by atoms with Gasteiger partial charge in [0.25, 0.3) is 0 Å². The summed E-state index contributed by atoms with van der Waals surface area (Å²) in [6.45, 7) is 6.46. The molecule has 3 aliphatic heterocycles. The quantitative estimate of drug-likeness (QED) is 0.634. The van der Waals surface area contributed by atoms with Gasteiger partial charge >= 0.3 is 0 Å². The number of aromatic nitrogens is 3. The summed E-state index contributed by atoms with van der Waals surface area (Å²) in [5.74, 6) is 2.69. The molecule has 2 aromatic rings. The molecule has 154 valence electrons. The number of hydrogen-bond donors (Lipinski definition) is 1. The van der Waals surface area contributed by atoms with Crippen molar-refractivity contribution < 1.29 is 0 Å². The summed E-state index contributed by atoms with van der Waals surface area (Å²) in [5, 5.41) is 7.76. The van der Waals surface area contributed by atoms with Gasteiger partial charge in [-0.05, 0) is 42.3 Å². The molecule has 0 bridgehead atoms. The first-order chi connectivity index (χ1) is 14.3. The average Bonchev–Trinajstić information content (AvgIpc) is 3.46. The first kappa shape index (κ1) is 18.6. The van der Waals surface area contributed by atoms with Crippen molar-refractivity contribution in [1.29, 1.82) is 0 Å². The Balaban J connectivity index is 1.15. The van der Waals surface area contributed by atoms with Crippen LogP contribution >= 0.6 is 0 Å². The van der Waals surface area contributed by atoms with Crippen molar-refractivity contribution in [3.63, 3.8) is 0 Å². The number of likely N-dealkylation sites (tertiary alicyclic amines) is 1. The molecule has 3 atom stereocenters. The zero-order valence-corrected chi connectivity index (χ0v) is 17.2. The highest BCUT2D eigenvalue weighted by molar-refractivity contribution is 5.80. The van der Waals surface area contributed by atoms with Crippen molar-refractivity contribution in [3.8, 4) is 0 Å². The first-order valence-electron chi connectivity index (χ1n) is 10.9. The number of guanidine groups is 1. The smallest absolute Gasteiger partial charge is 0.193 e. The van der Waals surface area contributed by atoms with E-state index in [0.717, 1.165) is 50.0 Å². The lowest BCUT2D eigenvalue weighted by Crippen LogP contribution is -2.44. The van der Waals surface area contributed by atoms with Crippen LogP contribution in [0.3, 0.4) is 0 Å². The minimum atomic E-state index is 0.754. The third kappa shape index (κ3) is 3.88. The number of fused-ring (bicyclic) bond motifs is 3. The number of nitrogens with one attached hydrogen (secondary N) is 1. The van der Waals surface area contributed by atoms with Crippen molar-refractivity contribution in [3.05, 3.63) is 48.0 Å². The highest BCUT2D eigenvalue weighted by atomic mass is 15.3. The zero-order chi connectivity index (χ0) is 19.6. The van der Waals surface area contributed by atoms with Gasteiger partial charge in [-0.2, -0.15) is 5.10 Å². The molecule has 3 unspecified atom stereocenters. The summed E-state index contributed by atoms with van der Waals surface area (Å²) in [7, 11) is 1.91. The summed E-state index contributed by atoms with van der Waals surface area (Å²) >= 11 is 0. The Hall–Kier alpha value is -2.41. The van der Waals surface area contributed by atoms with Crippen LogP contribution in [0.4, 0.5) is 0 Å². The van der Waals surface area contributed by atoms with Gasteiger partial charge < -0.3 is 10.2 Å². The molecule has 3 saturated heterocycles. The molecule has 7 heteroatoms. The van der Waals surface area contributed by atoms with Crippen molar-refractivity contribution in [1.82, 2.24) is 29.9 Å². The lowest BCUT2D eigenvalue weighted by atomic mass is 9.90. The maximum Gasteiger partial charge on any atom is 0.193 e. The second kappa shape index (κ2) is 8.14. The average molecular weight is 394 g/mol. The van der Waals surface area contributed by atoms with E-state index in [1.54, 1.807) is 12.7 Å². The Bertz CT molecular complexity index is 829. The Morgan fingerprint density at radius 2 is 2.00 bits per heavy atom. The molecule has 4 heterocycles. The molecule has 3 aliphatic rings. The fourth-order valence-electron chi connectivity index (χ4n) is 5.51. The van der Waals surface area contributed by atoms with Crippen molar-refractivity contribution in [2.24, 2.45) is 16.8 Å². The van der Waals surface area contributed by atoms with Gasteiger partial charge in [-0.25, -0.2) is 9.67 Å². The van der Waals surface area contributed by atoms with Crippen LogP contribution in [0.1, 0.15) is 30.4 Å². The predicted octanol–water partition coefficient (Wildman–Crippen LogP) is 1.82. The lowest BCUT2D eigenvalue weighted by Gasteiger charge is -2.33. The van der Waals surface area contributed by atoms with Gasteiger partial charge in [-0.15, -0.1) is 0 Å². The molecule has 0 saturated carbocycles. The summed E-state index contributed by atoms with van der Waals surface area (Å²) in [4.78, 5) is 13.8. The van der Waals surface area contributed by atoms with E-state index in [1.807, 2.05) is 11.7 Å². The van der Waals surface area contributed by atoms with Crippen molar-refractivity contribution in [2.45, 2.75) is 38.4 Å². The Labute approximate surface area is 172 Å². The standard InChI is InChI=1S/C22H31N7/c1-23-22(28-13-19-12-27-9-3-2-4-21(27)20(19)14-28)25-10-17-5-7-18(8-6-17)11-29-16-24-15-26-29/h5-8,15-16,19-21H,2-4,9-14H2,1H3,(H,23,25). The van der Waals surface area contributed by atoms with Gasteiger partial charge in [0, 0.05) is 39.3 Å². The second-order valence-electron chi connectivity index (χ2n) is 8.70. The number of benzene rings is 1. The summed E-state index contributed by atoms with van der Waals surface area (Å²) < 4.78 is 1.84. The molecule has 1 aromatic carbocycles. The summed E-state index contributed by atoms with van der Waals surface area (Å²) in [6, 6.07) is 9.52. The van der Waals surface area contributed by atoms with E-state index >= 15 is 0 Å². The van der Waals surface area contributed by atoms with Gasteiger partial charge in [0.15, 0.2) is 5.96 Å². The van der Waals surface area contributed by atoms with Crippen molar-refractivity contribution in [2.75, 3.05) is 33.2 Å². The zero-order valence-electron chi connectivity index (χ0n) is 17.2. The molecule has 29 heavy (non-hydrogen) atoms. The number of hydrogen-bond acceptors (Lipinski definition) is 4. The van der Waals surface area contributed by atoms with Crippen LogP contribution in [-0.4, -0.2) is 69.8 Å². The fraction of sp³-hybridized carbons (Fsp3) is 0.591. The van der Waals surface area contributed by atoms with Crippen molar-refractivity contribution >= 4 is 5.96 Å². The SMILES string of the molecule is CN=C(NCc1ccc(Cn2cncn2)cc1)N1CC2CN3CCCCC3C2C1. The van der Waals surface area contributed by atoms with E-state index < -0.39 is 0 Å². The molecule has 0 aliphatic carbocycles. The van der Waals surface area contributed by atoms with E-state index in [9.17, 15) is 0 Å². The van der Waals surface area contributed by atoms with Crippen LogP contribution in [0, 0.1) is 11.8 Å². The largest absolute Gasteiger partial charge is 0.352 e. The molecule has 5 rings (SSSR count). The number of aliphatic imine (C=N–C) groups is 1. The highest BCUT2D eigenvalue weighted by Gasteiger charge is 2.47. The van der Waals surface area contributed by atoms with Crippen LogP contribution < -0.4 is 5.32 Å². The van der Waals surface area contributed by atoms with Crippen LogP contribution in [0.25, 0.3) is 0 Å². The molecule has 0 amide bonds. The normalized spacial score (nSPS) is 27.1. The van der Waals surface area contributed by atoms with E-state index in [4.69, 9.17) is 0 Å². The third-order valence-electron chi connectivity index (χ3n) is 6.92. The molecule has 0 radical (unpaired) electrons. The molecule has 1 aromatic heterocycles. The third-order valence-corrected chi connectivity index (χ3v) is 6.92. The maximum absolute atomic E-state index is 4.58. The van der Waals surface area contributed by atoms with E-state index in [0.29, 0.717) is 0 Å². The van der Waals surface area contributed by atoms with Crippen LogP contribution in [0.5, 0.6) is 0 Å². The molecule has 3 fully saturated rings. The minimum Gasteiger partial charge on any atom is -0.352 e. The molecular formula is C22H31N7. The number of nitrogens with zero attached hydrogens (tertiary/aromatic N) is 6. The van der Waals surface area contributed by atoms with E-state index in [2.05, 4.69) is 54.5 Å². The molecule has 7 nitrogen and oxygen atoms in total. The first-order valence-corrected chi connectivity index (χ1v) is 10.9. The summed E-state index contributed by atoms with van der Waals surface area (Å²) in [5.41, 5.74) is 2.50. The second-order valence-corrected chi connectivity index (χ2v) is 8.70. The number of piperidine rings is 1. The lowest BCUT2D eigenvalue weighted by molar-refractivity contribution is 0.164. The topological polar surface area (TPSA) is 61.6 Å². The monoisotopic (exact) mass is 393 g/mol. The fourth-order valence-corrected chi connectivity index (χ4v) is 5.51. The van der Waals surface area contributed by atoms with Gasteiger partial charge in [0.2, 0.25) is 0 Å². The summed E-state index contributed by atoms with van der Waals surface area (Å²) in [6.07, 6.45) is 7.51. The molecule has 1 N–H and O–H groups in total.